The van der Waals surface area contributed by atoms with E-state index in [-0.39, 0.29) is 5.91 Å². The van der Waals surface area contributed by atoms with E-state index in [0.29, 0.717) is 12.2 Å². The monoisotopic (exact) mass is 385 g/mol. The molecule has 0 spiro atoms. The minimum absolute atomic E-state index is 0.101. The van der Waals surface area contributed by atoms with Crippen molar-refractivity contribution in [3.63, 3.8) is 0 Å². The Kier molecular flexibility index (Phi) is 5.92. The summed E-state index contributed by atoms with van der Waals surface area (Å²) < 4.78 is 2.77. The number of aromatic nitrogens is 3. The minimum Gasteiger partial charge on any atom is -0.302 e. The summed E-state index contributed by atoms with van der Waals surface area (Å²) in [6.07, 6.45) is 1.79. The van der Waals surface area contributed by atoms with Crippen molar-refractivity contribution in [1.82, 2.24) is 19.7 Å². The van der Waals surface area contributed by atoms with E-state index in [0.717, 1.165) is 40.5 Å². The van der Waals surface area contributed by atoms with E-state index < -0.39 is 0 Å². The molecule has 2 aromatic heterocycles. The molecular formula is C20H27N5OS. The number of fused-ring (bicyclic) bond motifs is 1. The SMILES string of the molecule is CCN(CC)CCN(C(=O)c1ccn(C)n1)c1nc2c(C)cc(C)cc2s1. The maximum Gasteiger partial charge on any atom is 0.280 e. The maximum atomic E-state index is 13.2. The smallest absolute Gasteiger partial charge is 0.280 e. The zero-order chi connectivity index (χ0) is 19.6. The van der Waals surface area contributed by atoms with Crippen LogP contribution >= 0.6 is 11.3 Å². The number of rotatable bonds is 7. The molecule has 1 amide bonds. The fourth-order valence-electron chi connectivity index (χ4n) is 3.21. The van der Waals surface area contributed by atoms with Crippen molar-refractivity contribution < 1.29 is 4.79 Å². The average Bonchev–Trinajstić information content (AvgIpc) is 3.25. The first-order valence-corrected chi connectivity index (χ1v) is 10.2. The van der Waals surface area contributed by atoms with Crippen LogP contribution in [0.25, 0.3) is 10.2 Å². The zero-order valence-corrected chi connectivity index (χ0v) is 17.5. The van der Waals surface area contributed by atoms with Crippen molar-refractivity contribution in [1.29, 1.82) is 0 Å². The van der Waals surface area contributed by atoms with Gasteiger partial charge in [0.2, 0.25) is 0 Å². The van der Waals surface area contributed by atoms with Gasteiger partial charge in [-0.3, -0.25) is 14.4 Å². The standard InChI is InChI=1S/C20H27N5OS/c1-6-24(7-2)10-11-25(19(26)16-8-9-23(5)22-16)20-21-18-15(4)12-14(3)13-17(18)27-20/h8-9,12-13H,6-7,10-11H2,1-5H3. The third-order valence-corrected chi connectivity index (χ3v) is 5.79. The summed E-state index contributed by atoms with van der Waals surface area (Å²) in [7, 11) is 1.82. The molecule has 6 nitrogen and oxygen atoms in total. The van der Waals surface area contributed by atoms with Crippen LogP contribution in [0.4, 0.5) is 5.13 Å². The van der Waals surface area contributed by atoms with Crippen LogP contribution in [-0.2, 0) is 7.05 Å². The molecule has 27 heavy (non-hydrogen) atoms. The van der Waals surface area contributed by atoms with Gasteiger partial charge in [-0.15, -0.1) is 0 Å². The fourth-order valence-corrected chi connectivity index (χ4v) is 4.37. The second-order valence-electron chi connectivity index (χ2n) is 6.78. The van der Waals surface area contributed by atoms with E-state index in [2.05, 4.69) is 49.8 Å². The summed E-state index contributed by atoms with van der Waals surface area (Å²) in [6.45, 7) is 11.7. The highest BCUT2D eigenvalue weighted by Gasteiger charge is 2.24. The lowest BCUT2D eigenvalue weighted by molar-refractivity contribution is 0.0978. The van der Waals surface area contributed by atoms with Gasteiger partial charge in [0.15, 0.2) is 10.8 Å². The third-order valence-electron chi connectivity index (χ3n) is 4.76. The van der Waals surface area contributed by atoms with Crippen molar-refractivity contribution in [3.05, 3.63) is 41.2 Å². The summed E-state index contributed by atoms with van der Waals surface area (Å²) >= 11 is 1.57. The molecule has 0 aliphatic heterocycles. The molecule has 0 N–H and O–H groups in total. The molecule has 7 heteroatoms. The van der Waals surface area contributed by atoms with Gasteiger partial charge in [-0.05, 0) is 50.2 Å². The van der Waals surface area contributed by atoms with E-state index in [1.165, 1.54) is 5.56 Å². The summed E-state index contributed by atoms with van der Waals surface area (Å²) in [5.74, 6) is -0.101. The van der Waals surface area contributed by atoms with Gasteiger partial charge in [0, 0.05) is 26.3 Å². The number of thiazole rings is 1. The van der Waals surface area contributed by atoms with E-state index in [9.17, 15) is 4.79 Å². The molecule has 0 atom stereocenters. The number of benzene rings is 1. The Morgan fingerprint density at radius 1 is 1.19 bits per heavy atom. The Hall–Kier alpha value is -2.25. The summed E-state index contributed by atoms with van der Waals surface area (Å²) in [5, 5.41) is 5.04. The average molecular weight is 386 g/mol. The number of hydrogen-bond donors (Lipinski definition) is 0. The Labute approximate surface area is 164 Å². The van der Waals surface area contributed by atoms with Crippen molar-refractivity contribution in [2.75, 3.05) is 31.1 Å². The fraction of sp³-hybridized carbons (Fsp3) is 0.450. The van der Waals surface area contributed by atoms with E-state index in [4.69, 9.17) is 4.98 Å². The van der Waals surface area contributed by atoms with Gasteiger partial charge in [-0.2, -0.15) is 5.10 Å². The normalized spacial score (nSPS) is 11.5. The predicted molar refractivity (Wildman–Crippen MR) is 112 cm³/mol. The van der Waals surface area contributed by atoms with E-state index in [1.807, 2.05) is 7.05 Å². The first-order chi connectivity index (χ1) is 12.9. The molecule has 0 fully saturated rings. The largest absolute Gasteiger partial charge is 0.302 e. The highest BCUT2D eigenvalue weighted by Crippen LogP contribution is 2.32. The predicted octanol–water partition coefficient (Wildman–Crippen LogP) is 3.64. The van der Waals surface area contributed by atoms with Crippen LogP contribution in [0.5, 0.6) is 0 Å². The number of aryl methyl sites for hydroxylation is 3. The van der Waals surface area contributed by atoms with Crippen molar-refractivity contribution >= 4 is 32.6 Å². The molecule has 1 aromatic carbocycles. The third kappa shape index (κ3) is 4.20. The molecule has 0 aliphatic rings. The first-order valence-electron chi connectivity index (χ1n) is 9.34. The Bertz CT molecular complexity index is 941. The van der Waals surface area contributed by atoms with E-state index >= 15 is 0 Å². The lowest BCUT2D eigenvalue weighted by Crippen LogP contribution is -2.39. The number of hydrogen-bond acceptors (Lipinski definition) is 5. The maximum absolute atomic E-state index is 13.2. The van der Waals surface area contributed by atoms with Crippen LogP contribution in [0.2, 0.25) is 0 Å². The highest BCUT2D eigenvalue weighted by molar-refractivity contribution is 7.22. The first kappa shape index (κ1) is 19.5. The summed E-state index contributed by atoms with van der Waals surface area (Å²) in [4.78, 5) is 22.1. The molecule has 144 valence electrons. The van der Waals surface area contributed by atoms with E-state index in [1.54, 1.807) is 33.2 Å². The molecule has 0 saturated carbocycles. The molecule has 0 aliphatic carbocycles. The number of carbonyl (C=O) groups excluding carboxylic acids is 1. The quantitative estimate of drug-likeness (QED) is 0.623. The molecule has 2 heterocycles. The van der Waals surface area contributed by atoms with Crippen molar-refractivity contribution in [2.24, 2.45) is 7.05 Å². The summed E-state index contributed by atoms with van der Waals surface area (Å²) in [5.41, 5.74) is 3.77. The van der Waals surface area contributed by atoms with Gasteiger partial charge in [-0.25, -0.2) is 4.98 Å². The van der Waals surface area contributed by atoms with Crippen molar-refractivity contribution in [3.8, 4) is 0 Å². The Morgan fingerprint density at radius 2 is 1.93 bits per heavy atom. The number of nitrogens with zero attached hydrogens (tertiary/aromatic N) is 5. The highest BCUT2D eigenvalue weighted by atomic mass is 32.1. The second kappa shape index (κ2) is 8.19. The van der Waals surface area contributed by atoms with Crippen LogP contribution in [0, 0.1) is 13.8 Å². The van der Waals surface area contributed by atoms with Gasteiger partial charge >= 0.3 is 0 Å². The van der Waals surface area contributed by atoms with Gasteiger partial charge < -0.3 is 4.90 Å². The second-order valence-corrected chi connectivity index (χ2v) is 7.79. The van der Waals surface area contributed by atoms with Crippen LogP contribution in [-0.4, -0.2) is 51.8 Å². The number of likely N-dealkylation sites (N-methyl/N-ethyl adjacent to an activating group) is 1. The lowest BCUT2D eigenvalue weighted by atomic mass is 10.1. The van der Waals surface area contributed by atoms with Crippen LogP contribution < -0.4 is 4.90 Å². The molecule has 0 radical (unpaired) electrons. The molecular weight excluding hydrogens is 358 g/mol. The van der Waals surface area contributed by atoms with Gasteiger partial charge in [0.05, 0.1) is 10.2 Å². The molecule has 3 aromatic rings. The minimum atomic E-state index is -0.101. The molecule has 0 unspecified atom stereocenters. The van der Waals surface area contributed by atoms with Crippen LogP contribution in [0.15, 0.2) is 24.4 Å². The molecule has 0 saturated heterocycles. The number of amides is 1. The van der Waals surface area contributed by atoms with Gasteiger partial charge in [0.25, 0.3) is 5.91 Å². The van der Waals surface area contributed by atoms with Crippen molar-refractivity contribution in [2.45, 2.75) is 27.7 Å². The Balaban J connectivity index is 1.98. The zero-order valence-electron chi connectivity index (χ0n) is 16.7. The molecule has 0 bridgehead atoms. The Morgan fingerprint density at radius 3 is 2.56 bits per heavy atom. The van der Waals surface area contributed by atoms with Gasteiger partial charge in [-0.1, -0.05) is 31.3 Å². The van der Waals surface area contributed by atoms with Crippen LogP contribution in [0.1, 0.15) is 35.5 Å². The topological polar surface area (TPSA) is 54.3 Å². The molecule has 3 rings (SSSR count). The number of carbonyl (C=O) groups is 1. The lowest BCUT2D eigenvalue weighted by Gasteiger charge is -2.24. The number of anilines is 1. The summed E-state index contributed by atoms with van der Waals surface area (Å²) in [6, 6.07) is 6.03. The van der Waals surface area contributed by atoms with Crippen LogP contribution in [0.3, 0.4) is 0 Å². The van der Waals surface area contributed by atoms with Gasteiger partial charge in [0.1, 0.15) is 0 Å².